The van der Waals surface area contributed by atoms with Gasteiger partial charge in [-0.1, -0.05) is 48.5 Å². The highest BCUT2D eigenvalue weighted by molar-refractivity contribution is 6.10. The van der Waals surface area contributed by atoms with E-state index in [0.29, 0.717) is 12.0 Å². The number of nitrogens with one attached hydrogen (secondary N) is 1. The summed E-state index contributed by atoms with van der Waals surface area (Å²) in [5.41, 5.74) is 3.38. The molecule has 24 heavy (non-hydrogen) atoms. The molecule has 0 spiro atoms. The number of ketones is 1. The SMILES string of the molecule is Cc1[nH]c2ccccc2c1C(=O)COC(=O)CCc1ccccc1. The fraction of sp³-hybridized carbons (Fsp3) is 0.200. The van der Waals surface area contributed by atoms with E-state index in [1.807, 2.05) is 61.5 Å². The zero-order chi connectivity index (χ0) is 16.9. The fourth-order valence-corrected chi connectivity index (χ4v) is 2.82. The van der Waals surface area contributed by atoms with E-state index in [0.717, 1.165) is 22.2 Å². The molecule has 4 nitrogen and oxygen atoms in total. The lowest BCUT2D eigenvalue weighted by Gasteiger charge is -2.05. The number of rotatable bonds is 6. The number of aromatic amines is 1. The number of aromatic nitrogens is 1. The maximum absolute atomic E-state index is 12.4. The van der Waals surface area contributed by atoms with Gasteiger partial charge in [0.2, 0.25) is 5.78 Å². The predicted molar refractivity (Wildman–Crippen MR) is 93.1 cm³/mol. The number of benzene rings is 2. The van der Waals surface area contributed by atoms with Crippen molar-refractivity contribution in [2.24, 2.45) is 0 Å². The summed E-state index contributed by atoms with van der Waals surface area (Å²) in [4.78, 5) is 27.5. The molecule has 0 aliphatic heterocycles. The second-order valence-corrected chi connectivity index (χ2v) is 5.74. The van der Waals surface area contributed by atoms with E-state index in [1.165, 1.54) is 0 Å². The van der Waals surface area contributed by atoms with Crippen LogP contribution in [0.5, 0.6) is 0 Å². The number of hydrogen-bond donors (Lipinski definition) is 1. The first kappa shape index (κ1) is 16.0. The molecule has 0 radical (unpaired) electrons. The van der Waals surface area contributed by atoms with Crippen molar-refractivity contribution in [1.29, 1.82) is 0 Å². The highest BCUT2D eigenvalue weighted by atomic mass is 16.5. The van der Waals surface area contributed by atoms with E-state index in [-0.39, 0.29) is 24.8 Å². The molecular weight excluding hydrogens is 302 g/mol. The summed E-state index contributed by atoms with van der Waals surface area (Å²) < 4.78 is 5.15. The minimum absolute atomic E-state index is 0.182. The molecule has 4 heteroatoms. The van der Waals surface area contributed by atoms with Gasteiger partial charge in [-0.25, -0.2) is 0 Å². The van der Waals surface area contributed by atoms with Crippen LogP contribution < -0.4 is 0 Å². The molecule has 0 unspecified atom stereocenters. The van der Waals surface area contributed by atoms with Crippen molar-refractivity contribution in [2.45, 2.75) is 19.8 Å². The summed E-state index contributed by atoms with van der Waals surface area (Å²) in [7, 11) is 0. The highest BCUT2D eigenvalue weighted by Gasteiger charge is 2.17. The second kappa shape index (κ2) is 7.13. The molecule has 1 N–H and O–H groups in total. The van der Waals surface area contributed by atoms with Gasteiger partial charge in [-0.05, 0) is 25.0 Å². The van der Waals surface area contributed by atoms with Crippen LogP contribution in [0.4, 0.5) is 0 Å². The lowest BCUT2D eigenvalue weighted by molar-refractivity contribution is -0.142. The third-order valence-corrected chi connectivity index (χ3v) is 4.00. The number of para-hydroxylation sites is 1. The fourth-order valence-electron chi connectivity index (χ4n) is 2.82. The van der Waals surface area contributed by atoms with Gasteiger partial charge in [0, 0.05) is 28.6 Å². The van der Waals surface area contributed by atoms with Gasteiger partial charge in [0.25, 0.3) is 0 Å². The van der Waals surface area contributed by atoms with Crippen molar-refractivity contribution < 1.29 is 14.3 Å². The van der Waals surface area contributed by atoms with Crippen molar-refractivity contribution in [3.63, 3.8) is 0 Å². The molecule has 1 aromatic heterocycles. The van der Waals surface area contributed by atoms with Gasteiger partial charge in [0.05, 0.1) is 0 Å². The number of carbonyl (C=O) groups excluding carboxylic acids is 2. The zero-order valence-corrected chi connectivity index (χ0v) is 13.5. The summed E-state index contributed by atoms with van der Waals surface area (Å²) in [5.74, 6) is -0.539. The molecule has 0 saturated heterocycles. The van der Waals surface area contributed by atoms with Gasteiger partial charge in [-0.15, -0.1) is 0 Å². The van der Waals surface area contributed by atoms with Crippen LogP contribution in [-0.2, 0) is 16.0 Å². The molecule has 3 aromatic rings. The van der Waals surface area contributed by atoms with Crippen LogP contribution in [0.2, 0.25) is 0 Å². The quantitative estimate of drug-likeness (QED) is 0.554. The molecule has 0 aliphatic rings. The third kappa shape index (κ3) is 3.54. The molecule has 0 fully saturated rings. The van der Waals surface area contributed by atoms with Crippen molar-refractivity contribution in [3.05, 3.63) is 71.4 Å². The third-order valence-electron chi connectivity index (χ3n) is 4.00. The van der Waals surface area contributed by atoms with Crippen LogP contribution in [0.1, 0.15) is 28.0 Å². The van der Waals surface area contributed by atoms with Crippen LogP contribution in [-0.4, -0.2) is 23.3 Å². The van der Waals surface area contributed by atoms with Crippen LogP contribution in [0.25, 0.3) is 10.9 Å². The smallest absolute Gasteiger partial charge is 0.306 e. The lowest BCUT2D eigenvalue weighted by atomic mass is 10.1. The summed E-state index contributed by atoms with van der Waals surface area (Å²) in [6.45, 7) is 1.63. The number of H-pyrrole nitrogens is 1. The maximum atomic E-state index is 12.4. The number of Topliss-reactive ketones (excluding diaryl/α,β-unsaturated/α-hetero) is 1. The van der Waals surface area contributed by atoms with E-state index >= 15 is 0 Å². The molecule has 122 valence electrons. The summed E-state index contributed by atoms with van der Waals surface area (Å²) >= 11 is 0. The molecule has 0 aliphatic carbocycles. The van der Waals surface area contributed by atoms with Crippen molar-refractivity contribution >= 4 is 22.7 Å². The van der Waals surface area contributed by atoms with Gasteiger partial charge in [0.15, 0.2) is 6.61 Å². The Morgan fingerprint density at radius 3 is 2.50 bits per heavy atom. The molecule has 1 heterocycles. The number of aryl methyl sites for hydroxylation is 2. The molecule has 0 atom stereocenters. The normalized spacial score (nSPS) is 10.7. The summed E-state index contributed by atoms with van der Waals surface area (Å²) in [6, 6.07) is 17.3. The number of fused-ring (bicyclic) bond motifs is 1. The lowest BCUT2D eigenvalue weighted by Crippen LogP contribution is -2.15. The van der Waals surface area contributed by atoms with Crippen LogP contribution >= 0.6 is 0 Å². The molecule has 2 aromatic carbocycles. The molecule has 0 amide bonds. The van der Waals surface area contributed by atoms with Crippen molar-refractivity contribution in [2.75, 3.05) is 6.61 Å². The van der Waals surface area contributed by atoms with E-state index in [2.05, 4.69) is 4.98 Å². The number of esters is 1. The maximum Gasteiger partial charge on any atom is 0.306 e. The van der Waals surface area contributed by atoms with Gasteiger partial charge in [-0.3, -0.25) is 9.59 Å². The van der Waals surface area contributed by atoms with Crippen molar-refractivity contribution in [1.82, 2.24) is 4.98 Å². The Morgan fingerprint density at radius 2 is 1.71 bits per heavy atom. The van der Waals surface area contributed by atoms with E-state index in [4.69, 9.17) is 4.74 Å². The Balaban J connectivity index is 1.58. The van der Waals surface area contributed by atoms with E-state index < -0.39 is 0 Å². The molecule has 0 saturated carbocycles. The van der Waals surface area contributed by atoms with E-state index in [1.54, 1.807) is 0 Å². The first-order valence-electron chi connectivity index (χ1n) is 7.95. The number of carbonyl (C=O) groups is 2. The Kier molecular flexibility index (Phi) is 4.75. The first-order chi connectivity index (χ1) is 11.6. The van der Waals surface area contributed by atoms with E-state index in [9.17, 15) is 9.59 Å². The minimum atomic E-state index is -0.357. The van der Waals surface area contributed by atoms with Gasteiger partial charge in [0.1, 0.15) is 0 Å². The topological polar surface area (TPSA) is 59.2 Å². The van der Waals surface area contributed by atoms with Gasteiger partial charge in [-0.2, -0.15) is 0 Å². The predicted octanol–water partition coefficient (Wildman–Crippen LogP) is 3.84. The Labute approximate surface area is 140 Å². The highest BCUT2D eigenvalue weighted by Crippen LogP contribution is 2.22. The molecule has 0 bridgehead atoms. The Morgan fingerprint density at radius 1 is 1.00 bits per heavy atom. The molecule has 3 rings (SSSR count). The monoisotopic (exact) mass is 321 g/mol. The average Bonchev–Trinajstić information content (AvgIpc) is 2.94. The average molecular weight is 321 g/mol. The van der Waals surface area contributed by atoms with Gasteiger partial charge < -0.3 is 9.72 Å². The van der Waals surface area contributed by atoms with Gasteiger partial charge >= 0.3 is 5.97 Å². The number of ether oxygens (including phenoxy) is 1. The van der Waals surface area contributed by atoms with Crippen LogP contribution in [0.15, 0.2) is 54.6 Å². The largest absolute Gasteiger partial charge is 0.457 e. The second-order valence-electron chi connectivity index (χ2n) is 5.74. The standard InChI is InChI=1S/C20H19NO3/c1-14-20(16-9-5-6-10-17(16)21-14)18(22)13-24-19(23)12-11-15-7-3-2-4-8-15/h2-10,21H,11-13H2,1H3. The summed E-state index contributed by atoms with van der Waals surface area (Å²) in [6.07, 6.45) is 0.879. The number of hydrogen-bond acceptors (Lipinski definition) is 3. The zero-order valence-electron chi connectivity index (χ0n) is 13.5. The van der Waals surface area contributed by atoms with Crippen molar-refractivity contribution in [3.8, 4) is 0 Å². The summed E-state index contributed by atoms with van der Waals surface area (Å²) in [5, 5.41) is 0.861. The Hall–Kier alpha value is -2.88. The molecular formula is C20H19NO3. The Bertz CT molecular complexity index is 865. The minimum Gasteiger partial charge on any atom is -0.457 e. The van der Waals surface area contributed by atoms with Crippen LogP contribution in [0, 0.1) is 6.92 Å². The van der Waals surface area contributed by atoms with Crippen LogP contribution in [0.3, 0.4) is 0 Å². The first-order valence-corrected chi connectivity index (χ1v) is 7.95.